The van der Waals surface area contributed by atoms with Gasteiger partial charge in [0.25, 0.3) is 10.0 Å². The van der Waals surface area contributed by atoms with E-state index in [0.29, 0.717) is 17.9 Å². The van der Waals surface area contributed by atoms with Crippen LogP contribution in [-0.4, -0.2) is 39.3 Å². The third kappa shape index (κ3) is 5.50. The number of nitriles is 1. The molecule has 1 unspecified atom stereocenters. The Hall–Kier alpha value is -3.12. The summed E-state index contributed by atoms with van der Waals surface area (Å²) in [7, 11) is -4.08. The number of anilines is 1. The van der Waals surface area contributed by atoms with Crippen LogP contribution in [0.5, 0.6) is 0 Å². The highest BCUT2D eigenvalue weighted by Gasteiger charge is 2.23. The van der Waals surface area contributed by atoms with E-state index in [4.69, 9.17) is 4.42 Å². The van der Waals surface area contributed by atoms with Gasteiger partial charge in [-0.3, -0.25) is 0 Å². The van der Waals surface area contributed by atoms with Crippen LogP contribution in [0.4, 0.5) is 5.69 Å². The lowest BCUT2D eigenvalue weighted by Gasteiger charge is -2.21. The Labute approximate surface area is 201 Å². The zero-order valence-electron chi connectivity index (χ0n) is 20.0. The number of aliphatic hydroxyl groups excluding tert-OH is 1. The third-order valence-corrected chi connectivity index (χ3v) is 7.39. The minimum Gasteiger partial charge on any atom is -0.456 e. The van der Waals surface area contributed by atoms with Crippen molar-refractivity contribution in [3.05, 3.63) is 59.2 Å². The summed E-state index contributed by atoms with van der Waals surface area (Å²) >= 11 is 0. The summed E-state index contributed by atoms with van der Waals surface area (Å²) in [5, 5.41) is 21.4. The van der Waals surface area contributed by atoms with E-state index < -0.39 is 21.0 Å². The van der Waals surface area contributed by atoms with Gasteiger partial charge in [-0.15, -0.1) is 0 Å². The number of aliphatic hydroxyl groups is 1. The topological polar surface area (TPSA) is 107 Å². The van der Waals surface area contributed by atoms with Gasteiger partial charge in [0.2, 0.25) is 0 Å². The first kappa shape index (κ1) is 25.5. The molecule has 1 aromatic heterocycles. The number of allylic oxidation sites excluding steroid dienone is 2. The fourth-order valence-electron chi connectivity index (χ4n) is 3.75. The van der Waals surface area contributed by atoms with E-state index in [-0.39, 0.29) is 12.1 Å². The largest absolute Gasteiger partial charge is 0.456 e. The van der Waals surface area contributed by atoms with Gasteiger partial charge in [0.15, 0.2) is 4.91 Å². The number of hydrogen-bond acceptors (Lipinski definition) is 6. The summed E-state index contributed by atoms with van der Waals surface area (Å²) in [6, 6.07) is 17.6. The molecule has 0 fully saturated rings. The second-order valence-corrected chi connectivity index (χ2v) is 9.77. The lowest BCUT2D eigenvalue weighted by Crippen LogP contribution is -2.32. The van der Waals surface area contributed by atoms with Crippen molar-refractivity contribution < 1.29 is 17.9 Å². The first-order valence-electron chi connectivity index (χ1n) is 11.4. The molecule has 0 bridgehead atoms. The summed E-state index contributed by atoms with van der Waals surface area (Å²) in [6.07, 6.45) is -0.418. The van der Waals surface area contributed by atoms with Crippen LogP contribution in [0.2, 0.25) is 0 Å². The lowest BCUT2D eigenvalue weighted by molar-refractivity contribution is 0.174. The molecule has 2 aromatic carbocycles. The molecule has 0 saturated heterocycles. The zero-order valence-corrected chi connectivity index (χ0v) is 20.8. The highest BCUT2D eigenvalue weighted by molar-refractivity contribution is 7.93. The predicted octanol–water partition coefficient (Wildman–Crippen LogP) is 4.89. The van der Waals surface area contributed by atoms with Crippen molar-refractivity contribution in [3.63, 3.8) is 0 Å². The maximum atomic E-state index is 12.6. The minimum atomic E-state index is -4.08. The summed E-state index contributed by atoms with van der Waals surface area (Å²) in [4.78, 5) is 1.86. The Kier molecular flexibility index (Phi) is 8.15. The van der Waals surface area contributed by atoms with Gasteiger partial charge in [-0.2, -0.15) is 5.26 Å². The van der Waals surface area contributed by atoms with Gasteiger partial charge < -0.3 is 14.4 Å². The summed E-state index contributed by atoms with van der Waals surface area (Å²) < 4.78 is 33.4. The average molecular weight is 482 g/mol. The van der Waals surface area contributed by atoms with Crippen LogP contribution >= 0.6 is 0 Å². The molecule has 34 heavy (non-hydrogen) atoms. The molecule has 2 N–H and O–H groups in total. The Bertz CT molecular complexity index is 1330. The number of sulfonamides is 1. The van der Waals surface area contributed by atoms with E-state index >= 15 is 0 Å². The second kappa shape index (κ2) is 10.9. The van der Waals surface area contributed by atoms with E-state index in [0.717, 1.165) is 29.4 Å². The smallest absolute Gasteiger partial charge is 0.251 e. The maximum absolute atomic E-state index is 12.6. The molecule has 0 spiro atoms. The summed E-state index contributed by atoms with van der Waals surface area (Å²) in [6.45, 7) is 9.27. The fraction of sp³-hybridized carbons (Fsp3) is 0.346. The van der Waals surface area contributed by atoms with Crippen molar-refractivity contribution >= 4 is 32.1 Å². The molecule has 3 rings (SSSR count). The van der Waals surface area contributed by atoms with E-state index in [2.05, 4.69) is 41.7 Å². The maximum Gasteiger partial charge on any atom is 0.251 e. The highest BCUT2D eigenvalue weighted by atomic mass is 32.2. The molecule has 1 heterocycles. The van der Waals surface area contributed by atoms with Crippen molar-refractivity contribution in [1.29, 1.82) is 5.26 Å². The van der Waals surface area contributed by atoms with Crippen LogP contribution < -0.4 is 9.62 Å². The molecule has 0 aliphatic heterocycles. The molecule has 0 amide bonds. The number of nitrogens with zero attached hydrogens (tertiary/aromatic N) is 2. The molecule has 180 valence electrons. The van der Waals surface area contributed by atoms with Crippen LogP contribution in [0.3, 0.4) is 0 Å². The first-order chi connectivity index (χ1) is 16.2. The molecule has 1 atom stereocenters. The second-order valence-electron chi connectivity index (χ2n) is 8.06. The molecule has 7 nitrogen and oxygen atoms in total. The molecular weight excluding hydrogens is 450 g/mol. The Balaban J connectivity index is 1.91. The van der Waals surface area contributed by atoms with E-state index in [9.17, 15) is 18.8 Å². The van der Waals surface area contributed by atoms with Crippen molar-refractivity contribution in [2.75, 3.05) is 24.5 Å². The predicted molar refractivity (Wildman–Crippen MR) is 137 cm³/mol. The quantitative estimate of drug-likeness (QED) is 0.399. The van der Waals surface area contributed by atoms with E-state index in [1.54, 1.807) is 25.1 Å². The normalized spacial score (nSPS) is 13.4. The van der Waals surface area contributed by atoms with Gasteiger partial charge in [0.05, 0.1) is 6.10 Å². The van der Waals surface area contributed by atoms with Gasteiger partial charge in [-0.05, 0) is 68.3 Å². The summed E-state index contributed by atoms with van der Waals surface area (Å²) in [5.74, 6) is 0.873. The van der Waals surface area contributed by atoms with Gasteiger partial charge in [-0.25, -0.2) is 13.1 Å². The molecule has 8 heteroatoms. The Morgan fingerprint density at radius 2 is 1.76 bits per heavy atom. The molecule has 0 aliphatic carbocycles. The average Bonchev–Trinajstić information content (AvgIpc) is 3.33. The van der Waals surface area contributed by atoms with Crippen molar-refractivity contribution in [2.24, 2.45) is 0 Å². The number of benzene rings is 2. The molecule has 0 radical (unpaired) electrons. The zero-order chi connectivity index (χ0) is 24.9. The van der Waals surface area contributed by atoms with E-state index in [1.165, 1.54) is 12.6 Å². The highest BCUT2D eigenvalue weighted by Crippen LogP contribution is 2.31. The lowest BCUT2D eigenvalue weighted by atomic mass is 10.0. The number of hydrogen-bond donors (Lipinski definition) is 2. The van der Waals surface area contributed by atoms with Gasteiger partial charge >= 0.3 is 0 Å². The number of nitrogens with one attached hydrogen (secondary N) is 1. The standard InChI is InChI=1S/C26H31N3O4S/c1-5-23(30)17-28-34(31,32)26(16-27)18(4)24-12-13-25(33-24)21-9-8-20-15-22(29(6-2)7-3)11-10-19(20)14-21/h8-15,23,28,30H,5-7,17H2,1-4H3/b26-18+. The van der Waals surface area contributed by atoms with Crippen LogP contribution in [-0.2, 0) is 10.0 Å². The number of rotatable bonds is 10. The van der Waals surface area contributed by atoms with Crippen molar-refractivity contribution in [2.45, 2.75) is 40.2 Å². The van der Waals surface area contributed by atoms with Crippen LogP contribution in [0.25, 0.3) is 27.7 Å². The molecule has 0 aliphatic rings. The van der Waals surface area contributed by atoms with Crippen molar-refractivity contribution in [3.8, 4) is 17.4 Å². The fourth-order valence-corrected chi connectivity index (χ4v) is 4.93. The molecule has 0 saturated carbocycles. The SMILES string of the molecule is CCC(O)CNS(=O)(=O)/C(C#N)=C(\C)c1ccc(-c2ccc3cc(N(CC)CC)ccc3c2)o1. The van der Waals surface area contributed by atoms with Crippen LogP contribution in [0, 0.1) is 11.3 Å². The van der Waals surface area contributed by atoms with Crippen LogP contribution in [0.15, 0.2) is 57.9 Å². The monoisotopic (exact) mass is 481 g/mol. The van der Waals surface area contributed by atoms with Gasteiger partial charge in [0.1, 0.15) is 17.6 Å². The van der Waals surface area contributed by atoms with E-state index in [1.807, 2.05) is 18.2 Å². The number of fused-ring (bicyclic) bond motifs is 1. The van der Waals surface area contributed by atoms with Gasteiger partial charge in [-0.1, -0.05) is 25.1 Å². The molecule has 3 aromatic rings. The first-order valence-corrected chi connectivity index (χ1v) is 12.9. The molecular formula is C26H31N3O4S. The van der Waals surface area contributed by atoms with Crippen molar-refractivity contribution in [1.82, 2.24) is 4.72 Å². The summed E-state index contributed by atoms with van der Waals surface area (Å²) in [5.41, 5.74) is 2.24. The number of furan rings is 1. The van der Waals surface area contributed by atoms with Crippen LogP contribution in [0.1, 0.15) is 39.9 Å². The minimum absolute atomic E-state index is 0.159. The Morgan fingerprint density at radius 1 is 1.09 bits per heavy atom. The van der Waals surface area contributed by atoms with Gasteiger partial charge in [0, 0.05) is 36.5 Å². The Morgan fingerprint density at radius 3 is 2.41 bits per heavy atom. The third-order valence-electron chi connectivity index (χ3n) is 5.90.